The number of carboxylic acids is 1. The summed E-state index contributed by atoms with van der Waals surface area (Å²) in [5.41, 5.74) is 0. The number of carboxylic acid groups (broad SMARTS) is 1. The number of carbonyl (C=O) groups is 3. The Labute approximate surface area is 125 Å². The van der Waals surface area contributed by atoms with Gasteiger partial charge in [0.25, 0.3) is 5.91 Å². The molecule has 114 valence electrons. The zero-order chi connectivity index (χ0) is 15.4. The van der Waals surface area contributed by atoms with Crippen molar-refractivity contribution in [1.82, 2.24) is 4.90 Å². The van der Waals surface area contributed by atoms with Gasteiger partial charge in [0.2, 0.25) is 5.91 Å². The van der Waals surface area contributed by atoms with Crippen LogP contribution in [0, 0.1) is 0 Å². The number of nitrogens with zero attached hydrogens (tertiary/aromatic N) is 1. The van der Waals surface area contributed by atoms with Gasteiger partial charge in [0.1, 0.15) is 0 Å². The van der Waals surface area contributed by atoms with Gasteiger partial charge in [0.15, 0.2) is 0 Å². The second-order valence-electron chi connectivity index (χ2n) is 4.67. The highest BCUT2D eigenvalue weighted by Crippen LogP contribution is 2.25. The molecule has 0 spiro atoms. The minimum absolute atomic E-state index is 0.143. The zero-order valence-corrected chi connectivity index (χ0v) is 12.3. The quantitative estimate of drug-likeness (QED) is 0.865. The van der Waals surface area contributed by atoms with Crippen molar-refractivity contribution in [3.63, 3.8) is 0 Å². The van der Waals surface area contributed by atoms with Crippen molar-refractivity contribution in [2.45, 2.75) is 19.4 Å². The third-order valence-corrected chi connectivity index (χ3v) is 4.00. The maximum atomic E-state index is 12.5. The first-order valence-corrected chi connectivity index (χ1v) is 7.27. The average molecular weight is 312 g/mol. The molecule has 2 N–H and O–H groups in total. The molecule has 1 saturated heterocycles. The second kappa shape index (κ2) is 6.68. The molecule has 8 heteroatoms. The van der Waals surface area contributed by atoms with Crippen LogP contribution in [0.2, 0.25) is 0 Å². The highest BCUT2D eigenvalue weighted by atomic mass is 32.1. The molecule has 1 atom stereocenters. The molecule has 0 radical (unpaired) electrons. The molecule has 0 bridgehead atoms. The summed E-state index contributed by atoms with van der Waals surface area (Å²) in [5, 5.41) is 12.1. The Kier molecular flexibility index (Phi) is 4.92. The van der Waals surface area contributed by atoms with E-state index >= 15 is 0 Å². The molecule has 2 amide bonds. The van der Waals surface area contributed by atoms with Gasteiger partial charge in [-0.15, -0.1) is 11.3 Å². The number of thiophene rings is 1. The van der Waals surface area contributed by atoms with E-state index in [1.54, 1.807) is 12.1 Å². The summed E-state index contributed by atoms with van der Waals surface area (Å²) in [6.45, 7) is 2.38. The SMILES string of the molecule is CC(=O)Nc1ccc(C(=O)N2CCOCC2CC(=O)O)s1. The number of aliphatic carboxylic acids is 1. The number of hydrogen-bond acceptors (Lipinski definition) is 5. The maximum absolute atomic E-state index is 12.5. The van der Waals surface area contributed by atoms with Crippen LogP contribution in [0.1, 0.15) is 23.0 Å². The smallest absolute Gasteiger partial charge is 0.305 e. The predicted octanol–water partition coefficient (Wildman–Crippen LogP) is 1.02. The molecule has 2 rings (SSSR count). The molecule has 0 aromatic carbocycles. The van der Waals surface area contributed by atoms with E-state index in [-0.39, 0.29) is 24.8 Å². The molecule has 0 saturated carbocycles. The lowest BCUT2D eigenvalue weighted by Crippen LogP contribution is -2.49. The second-order valence-corrected chi connectivity index (χ2v) is 5.75. The van der Waals surface area contributed by atoms with Crippen molar-refractivity contribution >= 4 is 34.1 Å². The molecule has 1 aromatic rings. The van der Waals surface area contributed by atoms with Crippen molar-refractivity contribution in [1.29, 1.82) is 0 Å². The van der Waals surface area contributed by atoms with Gasteiger partial charge >= 0.3 is 5.97 Å². The summed E-state index contributed by atoms with van der Waals surface area (Å²) in [6, 6.07) is 2.83. The van der Waals surface area contributed by atoms with Crippen molar-refractivity contribution in [3.8, 4) is 0 Å². The van der Waals surface area contributed by atoms with E-state index in [4.69, 9.17) is 9.84 Å². The van der Waals surface area contributed by atoms with Gasteiger partial charge < -0.3 is 20.1 Å². The van der Waals surface area contributed by atoms with E-state index in [2.05, 4.69) is 5.32 Å². The van der Waals surface area contributed by atoms with Gasteiger partial charge in [-0.2, -0.15) is 0 Å². The Hall–Kier alpha value is -1.93. The first-order chi connectivity index (χ1) is 9.97. The number of rotatable bonds is 4. The Bertz CT molecular complexity index is 557. The van der Waals surface area contributed by atoms with E-state index in [9.17, 15) is 14.4 Å². The predicted molar refractivity (Wildman–Crippen MR) is 76.5 cm³/mol. The average Bonchev–Trinajstić information content (AvgIpc) is 2.85. The Balaban J connectivity index is 2.10. The topological polar surface area (TPSA) is 95.9 Å². The summed E-state index contributed by atoms with van der Waals surface area (Å²) in [6.07, 6.45) is -0.143. The highest BCUT2D eigenvalue weighted by Gasteiger charge is 2.30. The summed E-state index contributed by atoms with van der Waals surface area (Å²) in [4.78, 5) is 36.3. The van der Waals surface area contributed by atoms with Gasteiger partial charge in [-0.05, 0) is 12.1 Å². The van der Waals surface area contributed by atoms with E-state index in [1.165, 1.54) is 23.2 Å². The van der Waals surface area contributed by atoms with Crippen molar-refractivity contribution in [2.75, 3.05) is 25.1 Å². The van der Waals surface area contributed by atoms with Crippen LogP contribution in [0.4, 0.5) is 5.00 Å². The molecule has 2 heterocycles. The van der Waals surface area contributed by atoms with E-state index in [1.807, 2.05) is 0 Å². The Morgan fingerprint density at radius 1 is 1.48 bits per heavy atom. The third-order valence-electron chi connectivity index (χ3n) is 3.01. The summed E-state index contributed by atoms with van der Waals surface area (Å²) < 4.78 is 5.25. The van der Waals surface area contributed by atoms with Crippen LogP contribution >= 0.6 is 11.3 Å². The van der Waals surface area contributed by atoms with Crippen LogP contribution in [-0.4, -0.2) is 53.6 Å². The van der Waals surface area contributed by atoms with Gasteiger partial charge in [-0.3, -0.25) is 14.4 Å². The Morgan fingerprint density at radius 3 is 2.90 bits per heavy atom. The first kappa shape index (κ1) is 15.5. The van der Waals surface area contributed by atoms with Crippen molar-refractivity contribution < 1.29 is 24.2 Å². The monoisotopic (exact) mass is 312 g/mol. The number of carbonyl (C=O) groups excluding carboxylic acids is 2. The number of nitrogens with one attached hydrogen (secondary N) is 1. The fraction of sp³-hybridized carbons (Fsp3) is 0.462. The van der Waals surface area contributed by atoms with Crippen LogP contribution in [0.25, 0.3) is 0 Å². The largest absolute Gasteiger partial charge is 0.481 e. The summed E-state index contributed by atoms with van der Waals surface area (Å²) in [5.74, 6) is -1.40. The van der Waals surface area contributed by atoms with Crippen LogP contribution < -0.4 is 5.32 Å². The third kappa shape index (κ3) is 4.02. The fourth-order valence-corrected chi connectivity index (χ4v) is 3.04. The lowest BCUT2D eigenvalue weighted by atomic mass is 10.1. The zero-order valence-electron chi connectivity index (χ0n) is 11.5. The van der Waals surface area contributed by atoms with Crippen LogP contribution in [-0.2, 0) is 14.3 Å². The molecule has 1 fully saturated rings. The number of anilines is 1. The van der Waals surface area contributed by atoms with Gasteiger partial charge in [-0.25, -0.2) is 0 Å². The molecule has 1 aliphatic heterocycles. The number of morpholine rings is 1. The molecular weight excluding hydrogens is 296 g/mol. The van der Waals surface area contributed by atoms with Crippen LogP contribution in [0.15, 0.2) is 12.1 Å². The molecule has 0 aliphatic carbocycles. The number of hydrogen-bond donors (Lipinski definition) is 2. The highest BCUT2D eigenvalue weighted by molar-refractivity contribution is 7.18. The van der Waals surface area contributed by atoms with Gasteiger partial charge in [0, 0.05) is 13.5 Å². The van der Waals surface area contributed by atoms with E-state index in [0.29, 0.717) is 23.0 Å². The molecule has 1 aliphatic rings. The molecule has 7 nitrogen and oxygen atoms in total. The van der Waals surface area contributed by atoms with E-state index in [0.717, 1.165) is 0 Å². The van der Waals surface area contributed by atoms with Crippen LogP contribution in [0.3, 0.4) is 0 Å². The Morgan fingerprint density at radius 2 is 2.24 bits per heavy atom. The number of ether oxygens (including phenoxy) is 1. The molecule has 1 aromatic heterocycles. The van der Waals surface area contributed by atoms with Gasteiger partial charge in [-0.1, -0.05) is 0 Å². The number of amides is 2. The first-order valence-electron chi connectivity index (χ1n) is 6.45. The van der Waals surface area contributed by atoms with Crippen LogP contribution in [0.5, 0.6) is 0 Å². The lowest BCUT2D eigenvalue weighted by Gasteiger charge is -2.34. The minimum atomic E-state index is -0.964. The minimum Gasteiger partial charge on any atom is -0.481 e. The van der Waals surface area contributed by atoms with Crippen molar-refractivity contribution in [3.05, 3.63) is 17.0 Å². The maximum Gasteiger partial charge on any atom is 0.305 e. The fourth-order valence-electron chi connectivity index (χ4n) is 2.13. The summed E-state index contributed by atoms with van der Waals surface area (Å²) in [7, 11) is 0. The normalized spacial score (nSPS) is 18.3. The molecular formula is C13H16N2O5S. The molecule has 1 unspecified atom stereocenters. The standard InChI is InChI=1S/C13H16N2O5S/c1-8(16)14-11-3-2-10(21-11)13(19)15-4-5-20-7-9(15)6-12(17)18/h2-3,9H,4-7H2,1H3,(H,14,16)(H,17,18). The lowest BCUT2D eigenvalue weighted by molar-refractivity contribution is -0.139. The van der Waals surface area contributed by atoms with E-state index < -0.39 is 12.0 Å². The van der Waals surface area contributed by atoms with Crippen molar-refractivity contribution in [2.24, 2.45) is 0 Å². The summed E-state index contributed by atoms with van der Waals surface area (Å²) >= 11 is 1.17. The van der Waals surface area contributed by atoms with Gasteiger partial charge in [0.05, 0.1) is 35.6 Å². The molecule has 21 heavy (non-hydrogen) atoms.